The van der Waals surface area contributed by atoms with Crippen molar-refractivity contribution in [2.75, 3.05) is 18.4 Å². The van der Waals surface area contributed by atoms with Gasteiger partial charge in [-0.25, -0.2) is 15.0 Å². The summed E-state index contributed by atoms with van der Waals surface area (Å²) in [5.74, 6) is 2.00. The molecule has 0 radical (unpaired) electrons. The van der Waals surface area contributed by atoms with Gasteiger partial charge in [0.2, 0.25) is 5.91 Å². The third-order valence-electron chi connectivity index (χ3n) is 3.79. The van der Waals surface area contributed by atoms with Crippen LogP contribution in [-0.2, 0) is 4.79 Å². The lowest BCUT2D eigenvalue weighted by Crippen LogP contribution is -2.27. The number of likely N-dealkylation sites (tertiary alicyclic amines) is 1. The van der Waals surface area contributed by atoms with E-state index >= 15 is 0 Å². The van der Waals surface area contributed by atoms with E-state index in [1.807, 2.05) is 30.2 Å². The van der Waals surface area contributed by atoms with E-state index in [1.54, 1.807) is 6.20 Å². The minimum atomic E-state index is 0.217. The lowest BCUT2D eigenvalue weighted by atomic mass is 10.0. The van der Waals surface area contributed by atoms with Crippen LogP contribution in [0.5, 0.6) is 0 Å². The van der Waals surface area contributed by atoms with Crippen LogP contribution in [0.1, 0.15) is 37.2 Å². The van der Waals surface area contributed by atoms with Crippen LogP contribution in [0.2, 0.25) is 0 Å². The van der Waals surface area contributed by atoms with Gasteiger partial charge >= 0.3 is 0 Å². The lowest BCUT2D eigenvalue weighted by Gasteiger charge is -2.16. The monoisotopic (exact) mass is 317 g/mol. The van der Waals surface area contributed by atoms with Crippen LogP contribution in [0.3, 0.4) is 0 Å². The molecule has 0 bridgehead atoms. The number of anilines is 2. The molecular formula is C15H19N5OS. The summed E-state index contributed by atoms with van der Waals surface area (Å²) >= 11 is 1.53. The molecule has 1 amide bonds. The van der Waals surface area contributed by atoms with E-state index < -0.39 is 0 Å². The number of carbonyl (C=O) groups is 1. The standard InChI is InChI=1S/C15H19N5OS/c1-3-14(21)20-6-4-11(9-20)12-8-13(18-10(2)17-12)19-15-16-5-7-22-15/h5,7-8,11H,3-4,6,9H2,1-2H3,(H,16,17,18,19)/t11-/m1/s1. The Morgan fingerprint density at radius 3 is 3.09 bits per heavy atom. The van der Waals surface area contributed by atoms with E-state index in [2.05, 4.69) is 20.3 Å². The van der Waals surface area contributed by atoms with Crippen molar-refractivity contribution in [2.45, 2.75) is 32.6 Å². The number of nitrogens with one attached hydrogen (secondary N) is 1. The summed E-state index contributed by atoms with van der Waals surface area (Å²) in [6.07, 6.45) is 3.28. The van der Waals surface area contributed by atoms with Crippen molar-refractivity contribution in [1.82, 2.24) is 19.9 Å². The molecule has 116 valence electrons. The van der Waals surface area contributed by atoms with Gasteiger partial charge in [-0.3, -0.25) is 4.79 Å². The highest BCUT2D eigenvalue weighted by atomic mass is 32.1. The highest BCUT2D eigenvalue weighted by Crippen LogP contribution is 2.28. The minimum Gasteiger partial charge on any atom is -0.342 e. The third-order valence-corrected chi connectivity index (χ3v) is 4.48. The number of aryl methyl sites for hydroxylation is 1. The zero-order valence-corrected chi connectivity index (χ0v) is 13.6. The largest absolute Gasteiger partial charge is 0.342 e. The van der Waals surface area contributed by atoms with Gasteiger partial charge < -0.3 is 10.2 Å². The van der Waals surface area contributed by atoms with Crippen LogP contribution in [0, 0.1) is 6.92 Å². The van der Waals surface area contributed by atoms with Crippen LogP contribution in [0.4, 0.5) is 10.9 Å². The molecule has 2 aromatic heterocycles. The van der Waals surface area contributed by atoms with E-state index in [0.717, 1.165) is 42.0 Å². The molecule has 1 N–H and O–H groups in total. The number of hydrogen-bond donors (Lipinski definition) is 1. The maximum absolute atomic E-state index is 11.8. The quantitative estimate of drug-likeness (QED) is 0.939. The maximum Gasteiger partial charge on any atom is 0.222 e. The van der Waals surface area contributed by atoms with E-state index in [0.29, 0.717) is 6.42 Å². The van der Waals surface area contributed by atoms with Crippen molar-refractivity contribution in [3.63, 3.8) is 0 Å². The van der Waals surface area contributed by atoms with Crippen molar-refractivity contribution < 1.29 is 4.79 Å². The predicted octanol–water partition coefficient (Wildman–Crippen LogP) is 2.71. The van der Waals surface area contributed by atoms with Crippen molar-refractivity contribution in [1.29, 1.82) is 0 Å². The number of aromatic nitrogens is 3. The summed E-state index contributed by atoms with van der Waals surface area (Å²) in [6, 6.07) is 1.97. The number of amides is 1. The molecule has 6 nitrogen and oxygen atoms in total. The average molecular weight is 317 g/mol. The van der Waals surface area contributed by atoms with Gasteiger partial charge in [0.15, 0.2) is 5.13 Å². The molecule has 1 aliphatic rings. The van der Waals surface area contributed by atoms with Crippen LogP contribution >= 0.6 is 11.3 Å². The zero-order valence-electron chi connectivity index (χ0n) is 12.7. The molecule has 3 rings (SSSR count). The van der Waals surface area contributed by atoms with E-state index in [-0.39, 0.29) is 11.8 Å². The average Bonchev–Trinajstić information content (AvgIpc) is 3.17. The molecule has 0 aromatic carbocycles. The Hall–Kier alpha value is -2.02. The molecule has 0 aliphatic carbocycles. The van der Waals surface area contributed by atoms with Gasteiger partial charge in [0.05, 0.1) is 5.69 Å². The topological polar surface area (TPSA) is 71.0 Å². The highest BCUT2D eigenvalue weighted by molar-refractivity contribution is 7.13. The van der Waals surface area contributed by atoms with Gasteiger partial charge in [0.1, 0.15) is 11.6 Å². The van der Waals surface area contributed by atoms with E-state index in [4.69, 9.17) is 0 Å². The third kappa shape index (κ3) is 3.24. The number of nitrogens with zero attached hydrogens (tertiary/aromatic N) is 4. The summed E-state index contributed by atoms with van der Waals surface area (Å²) in [6.45, 7) is 5.36. The molecule has 1 aliphatic heterocycles. The molecule has 3 heterocycles. The Morgan fingerprint density at radius 1 is 1.50 bits per heavy atom. The number of carbonyl (C=O) groups excluding carboxylic acids is 1. The molecule has 1 saturated heterocycles. The molecule has 7 heteroatoms. The Labute approximate surface area is 133 Å². The molecular weight excluding hydrogens is 298 g/mol. The summed E-state index contributed by atoms with van der Waals surface area (Å²) in [5, 5.41) is 5.95. The Balaban J connectivity index is 1.77. The second kappa shape index (κ2) is 6.39. The summed E-state index contributed by atoms with van der Waals surface area (Å²) in [4.78, 5) is 26.9. The first-order valence-corrected chi connectivity index (χ1v) is 8.33. The number of thiazole rings is 1. The Kier molecular flexibility index (Phi) is 4.33. The van der Waals surface area contributed by atoms with E-state index in [1.165, 1.54) is 11.3 Å². The summed E-state index contributed by atoms with van der Waals surface area (Å²) in [7, 11) is 0. The van der Waals surface area contributed by atoms with Crippen LogP contribution in [0.15, 0.2) is 17.6 Å². The molecule has 1 fully saturated rings. The molecule has 2 aromatic rings. The first-order chi connectivity index (χ1) is 10.7. The van der Waals surface area contributed by atoms with Crippen molar-refractivity contribution in [2.24, 2.45) is 0 Å². The summed E-state index contributed by atoms with van der Waals surface area (Å²) in [5.41, 5.74) is 0.998. The molecule has 0 saturated carbocycles. The van der Waals surface area contributed by atoms with Crippen molar-refractivity contribution in [3.8, 4) is 0 Å². The van der Waals surface area contributed by atoms with Gasteiger partial charge in [-0.2, -0.15) is 0 Å². The fourth-order valence-electron chi connectivity index (χ4n) is 2.71. The minimum absolute atomic E-state index is 0.217. The van der Waals surface area contributed by atoms with Gasteiger partial charge in [-0.1, -0.05) is 6.92 Å². The van der Waals surface area contributed by atoms with Crippen molar-refractivity contribution in [3.05, 3.63) is 29.2 Å². The zero-order chi connectivity index (χ0) is 15.5. The Bertz CT molecular complexity index is 658. The Morgan fingerprint density at radius 2 is 2.36 bits per heavy atom. The SMILES string of the molecule is CCC(=O)N1CC[C@@H](c2cc(Nc3nccs3)nc(C)n2)C1. The lowest BCUT2D eigenvalue weighted by molar-refractivity contribution is -0.129. The number of hydrogen-bond acceptors (Lipinski definition) is 6. The van der Waals surface area contributed by atoms with Gasteiger partial charge in [0.25, 0.3) is 0 Å². The van der Waals surface area contributed by atoms with Crippen LogP contribution < -0.4 is 5.32 Å². The van der Waals surface area contributed by atoms with E-state index in [9.17, 15) is 4.79 Å². The predicted molar refractivity (Wildman–Crippen MR) is 86.4 cm³/mol. The normalized spacial score (nSPS) is 17.7. The maximum atomic E-state index is 11.8. The molecule has 0 spiro atoms. The molecule has 1 atom stereocenters. The van der Waals surface area contributed by atoms with Crippen LogP contribution in [-0.4, -0.2) is 38.8 Å². The van der Waals surface area contributed by atoms with Crippen LogP contribution in [0.25, 0.3) is 0 Å². The van der Waals surface area contributed by atoms with Gasteiger partial charge in [-0.05, 0) is 13.3 Å². The van der Waals surface area contributed by atoms with Gasteiger partial charge in [0, 0.05) is 43.1 Å². The second-order valence-electron chi connectivity index (χ2n) is 5.37. The fourth-order valence-corrected chi connectivity index (χ4v) is 3.25. The van der Waals surface area contributed by atoms with Crippen molar-refractivity contribution >= 4 is 28.2 Å². The first kappa shape index (κ1) is 14.9. The smallest absolute Gasteiger partial charge is 0.222 e. The number of rotatable bonds is 4. The molecule has 22 heavy (non-hydrogen) atoms. The van der Waals surface area contributed by atoms with Gasteiger partial charge in [-0.15, -0.1) is 11.3 Å². The second-order valence-corrected chi connectivity index (χ2v) is 6.26. The highest BCUT2D eigenvalue weighted by Gasteiger charge is 2.27. The summed E-state index contributed by atoms with van der Waals surface area (Å²) < 4.78 is 0. The molecule has 0 unspecified atom stereocenters. The fraction of sp³-hybridized carbons (Fsp3) is 0.467. The first-order valence-electron chi connectivity index (χ1n) is 7.45.